The molecule has 0 aliphatic rings. The number of hydrogen-bond donors (Lipinski definition) is 2. The van der Waals surface area contributed by atoms with E-state index in [0.29, 0.717) is 16.3 Å². The predicted molar refractivity (Wildman–Crippen MR) is 68.3 cm³/mol. The molecule has 17 heavy (non-hydrogen) atoms. The molecule has 0 bridgehead atoms. The summed E-state index contributed by atoms with van der Waals surface area (Å²) in [6, 6.07) is 4.73. The number of carbonyl (C=O) groups excluding carboxylic acids is 2. The normalized spacial score (nSPS) is 10.3. The SMILES string of the molecule is CC=CC(=O)Nc1ccc(Cl)c(C(=O)NC)c1. The van der Waals surface area contributed by atoms with Crippen LogP contribution < -0.4 is 10.6 Å². The monoisotopic (exact) mass is 252 g/mol. The van der Waals surface area contributed by atoms with Crippen molar-refractivity contribution in [3.63, 3.8) is 0 Å². The molecule has 0 heterocycles. The molecular formula is C12H13ClN2O2. The lowest BCUT2D eigenvalue weighted by atomic mass is 10.2. The molecule has 0 aliphatic heterocycles. The van der Waals surface area contributed by atoms with Crippen LogP contribution in [0.5, 0.6) is 0 Å². The first kappa shape index (κ1) is 13.3. The van der Waals surface area contributed by atoms with Crippen LogP contribution >= 0.6 is 11.6 Å². The molecule has 0 aromatic heterocycles. The third kappa shape index (κ3) is 3.60. The molecule has 2 amide bonds. The highest BCUT2D eigenvalue weighted by molar-refractivity contribution is 6.34. The minimum Gasteiger partial charge on any atom is -0.355 e. The molecule has 0 spiro atoms. The lowest BCUT2D eigenvalue weighted by Crippen LogP contribution is -2.18. The summed E-state index contributed by atoms with van der Waals surface area (Å²) in [4.78, 5) is 22.8. The summed E-state index contributed by atoms with van der Waals surface area (Å²) in [6.07, 6.45) is 3.03. The third-order valence-electron chi connectivity index (χ3n) is 2.02. The minimum absolute atomic E-state index is 0.252. The summed E-state index contributed by atoms with van der Waals surface area (Å²) < 4.78 is 0. The average Bonchev–Trinajstić information content (AvgIpc) is 2.31. The Hall–Kier alpha value is -1.81. The van der Waals surface area contributed by atoms with E-state index in [4.69, 9.17) is 11.6 Å². The molecule has 0 saturated carbocycles. The van der Waals surface area contributed by atoms with Gasteiger partial charge in [-0.1, -0.05) is 17.7 Å². The van der Waals surface area contributed by atoms with Crippen molar-refractivity contribution in [3.05, 3.63) is 40.9 Å². The number of rotatable bonds is 3. The van der Waals surface area contributed by atoms with E-state index in [1.807, 2.05) is 0 Å². The Bertz CT molecular complexity index is 470. The van der Waals surface area contributed by atoms with Crippen LogP contribution in [-0.2, 0) is 4.79 Å². The van der Waals surface area contributed by atoms with E-state index in [9.17, 15) is 9.59 Å². The summed E-state index contributed by atoms with van der Waals surface area (Å²) in [6.45, 7) is 1.75. The van der Waals surface area contributed by atoms with Crippen molar-refractivity contribution in [3.8, 4) is 0 Å². The molecule has 2 N–H and O–H groups in total. The van der Waals surface area contributed by atoms with Crippen LogP contribution in [0.4, 0.5) is 5.69 Å². The standard InChI is InChI=1S/C12H13ClN2O2/c1-3-4-11(16)15-8-5-6-10(13)9(7-8)12(17)14-2/h3-7H,1-2H3,(H,14,17)(H,15,16). The van der Waals surface area contributed by atoms with Gasteiger partial charge in [0.2, 0.25) is 5.91 Å². The quantitative estimate of drug-likeness (QED) is 0.811. The van der Waals surface area contributed by atoms with Crippen molar-refractivity contribution in [2.75, 3.05) is 12.4 Å². The average molecular weight is 253 g/mol. The number of nitrogens with one attached hydrogen (secondary N) is 2. The van der Waals surface area contributed by atoms with Crippen molar-refractivity contribution in [2.45, 2.75) is 6.92 Å². The molecule has 4 nitrogen and oxygen atoms in total. The zero-order valence-corrected chi connectivity index (χ0v) is 10.3. The van der Waals surface area contributed by atoms with E-state index in [1.54, 1.807) is 25.1 Å². The number of anilines is 1. The molecule has 0 aliphatic carbocycles. The first-order chi connectivity index (χ1) is 8.08. The van der Waals surface area contributed by atoms with Gasteiger partial charge in [0, 0.05) is 12.7 Å². The van der Waals surface area contributed by atoms with Gasteiger partial charge < -0.3 is 10.6 Å². The second kappa shape index (κ2) is 6.06. The van der Waals surface area contributed by atoms with E-state index in [2.05, 4.69) is 10.6 Å². The first-order valence-electron chi connectivity index (χ1n) is 5.03. The van der Waals surface area contributed by atoms with Gasteiger partial charge in [-0.15, -0.1) is 0 Å². The Labute approximate surface area is 105 Å². The summed E-state index contributed by atoms with van der Waals surface area (Å²) in [5.74, 6) is -0.546. The van der Waals surface area contributed by atoms with Gasteiger partial charge in [-0.05, 0) is 31.2 Å². The fraction of sp³-hybridized carbons (Fsp3) is 0.167. The van der Waals surface area contributed by atoms with Crippen LogP contribution in [0.1, 0.15) is 17.3 Å². The molecule has 0 atom stereocenters. The number of allylic oxidation sites excluding steroid dienone is 1. The van der Waals surface area contributed by atoms with Crippen LogP contribution in [0.25, 0.3) is 0 Å². The maximum Gasteiger partial charge on any atom is 0.252 e. The number of benzene rings is 1. The number of halogens is 1. The first-order valence-corrected chi connectivity index (χ1v) is 5.41. The van der Waals surface area contributed by atoms with Crippen molar-refractivity contribution < 1.29 is 9.59 Å². The van der Waals surface area contributed by atoms with Crippen molar-refractivity contribution in [1.29, 1.82) is 0 Å². The summed E-state index contributed by atoms with van der Waals surface area (Å²) in [7, 11) is 1.52. The van der Waals surface area contributed by atoms with Gasteiger partial charge in [0.25, 0.3) is 5.91 Å². The number of hydrogen-bond acceptors (Lipinski definition) is 2. The molecular weight excluding hydrogens is 240 g/mol. The van der Waals surface area contributed by atoms with Crippen LogP contribution in [0.3, 0.4) is 0 Å². The highest BCUT2D eigenvalue weighted by Crippen LogP contribution is 2.20. The Morgan fingerprint density at radius 3 is 2.65 bits per heavy atom. The Balaban J connectivity index is 2.96. The van der Waals surface area contributed by atoms with Gasteiger partial charge in [0.1, 0.15) is 0 Å². The van der Waals surface area contributed by atoms with E-state index in [0.717, 1.165) is 0 Å². The second-order valence-corrected chi connectivity index (χ2v) is 3.67. The molecule has 5 heteroatoms. The highest BCUT2D eigenvalue weighted by Gasteiger charge is 2.09. The van der Waals surface area contributed by atoms with E-state index >= 15 is 0 Å². The minimum atomic E-state index is -0.294. The van der Waals surface area contributed by atoms with E-state index in [-0.39, 0.29) is 11.8 Å². The Morgan fingerprint density at radius 1 is 1.35 bits per heavy atom. The number of amides is 2. The van der Waals surface area contributed by atoms with Crippen LogP contribution in [-0.4, -0.2) is 18.9 Å². The zero-order chi connectivity index (χ0) is 12.8. The molecule has 1 aromatic carbocycles. The molecule has 1 rings (SSSR count). The highest BCUT2D eigenvalue weighted by atomic mass is 35.5. The second-order valence-electron chi connectivity index (χ2n) is 3.26. The maximum absolute atomic E-state index is 11.5. The van der Waals surface area contributed by atoms with Gasteiger partial charge in [-0.2, -0.15) is 0 Å². The summed E-state index contributed by atoms with van der Waals surface area (Å²) in [5, 5.41) is 5.44. The zero-order valence-electron chi connectivity index (χ0n) is 9.58. The Morgan fingerprint density at radius 2 is 2.06 bits per heavy atom. The molecule has 1 aromatic rings. The van der Waals surface area contributed by atoms with E-state index in [1.165, 1.54) is 19.2 Å². The van der Waals surface area contributed by atoms with Crippen LogP contribution in [0.2, 0.25) is 5.02 Å². The van der Waals surface area contributed by atoms with Crippen LogP contribution in [0.15, 0.2) is 30.4 Å². The third-order valence-corrected chi connectivity index (χ3v) is 2.35. The van der Waals surface area contributed by atoms with Gasteiger partial charge >= 0.3 is 0 Å². The van der Waals surface area contributed by atoms with Crippen molar-refractivity contribution >= 4 is 29.1 Å². The number of carbonyl (C=O) groups is 2. The summed E-state index contributed by atoms with van der Waals surface area (Å²) >= 11 is 5.88. The lowest BCUT2D eigenvalue weighted by molar-refractivity contribution is -0.111. The molecule has 0 unspecified atom stereocenters. The van der Waals surface area contributed by atoms with E-state index < -0.39 is 0 Å². The summed E-state index contributed by atoms with van der Waals surface area (Å²) in [5.41, 5.74) is 0.851. The van der Waals surface area contributed by atoms with Gasteiger partial charge in [0.15, 0.2) is 0 Å². The fourth-order valence-corrected chi connectivity index (χ4v) is 1.45. The topological polar surface area (TPSA) is 58.2 Å². The molecule has 0 radical (unpaired) electrons. The van der Waals surface area contributed by atoms with Crippen molar-refractivity contribution in [1.82, 2.24) is 5.32 Å². The van der Waals surface area contributed by atoms with Crippen LogP contribution in [0, 0.1) is 0 Å². The fourth-order valence-electron chi connectivity index (χ4n) is 1.25. The van der Waals surface area contributed by atoms with Gasteiger partial charge in [0.05, 0.1) is 10.6 Å². The maximum atomic E-state index is 11.5. The smallest absolute Gasteiger partial charge is 0.252 e. The van der Waals surface area contributed by atoms with Gasteiger partial charge in [-0.3, -0.25) is 9.59 Å². The predicted octanol–water partition coefficient (Wildman–Crippen LogP) is 2.21. The molecule has 0 fully saturated rings. The van der Waals surface area contributed by atoms with Crippen molar-refractivity contribution in [2.24, 2.45) is 0 Å². The molecule has 90 valence electrons. The largest absolute Gasteiger partial charge is 0.355 e. The van der Waals surface area contributed by atoms with Gasteiger partial charge in [-0.25, -0.2) is 0 Å². The molecule has 0 saturated heterocycles. The lowest BCUT2D eigenvalue weighted by Gasteiger charge is -2.07. The Kier molecular flexibility index (Phi) is 4.72.